The van der Waals surface area contributed by atoms with E-state index in [1.165, 1.54) is 23.4 Å². The van der Waals surface area contributed by atoms with Crippen molar-refractivity contribution in [3.8, 4) is 0 Å². The Bertz CT molecular complexity index is 1150. The fraction of sp³-hybridized carbons (Fsp3) is 0.208. The van der Waals surface area contributed by atoms with E-state index < -0.39 is 10.0 Å². The SMILES string of the molecule is O=C(NCCCN1CCc2ccccc21)c1ccc(NS(=O)(=O)c2ccccc2)cc1. The molecule has 0 aromatic heterocycles. The number of hydrogen-bond acceptors (Lipinski definition) is 4. The summed E-state index contributed by atoms with van der Waals surface area (Å²) in [6.45, 7) is 2.50. The predicted octanol–water partition coefficient (Wildman–Crippen LogP) is 3.67. The van der Waals surface area contributed by atoms with Gasteiger partial charge in [-0.1, -0.05) is 36.4 Å². The van der Waals surface area contributed by atoms with E-state index in [2.05, 4.69) is 39.2 Å². The molecule has 0 atom stereocenters. The number of anilines is 2. The monoisotopic (exact) mass is 435 g/mol. The lowest BCUT2D eigenvalue weighted by atomic mass is 10.2. The summed E-state index contributed by atoms with van der Waals surface area (Å²) in [5.74, 6) is -0.167. The molecule has 2 N–H and O–H groups in total. The van der Waals surface area contributed by atoms with Gasteiger partial charge in [0.2, 0.25) is 0 Å². The van der Waals surface area contributed by atoms with Gasteiger partial charge in [-0.15, -0.1) is 0 Å². The lowest BCUT2D eigenvalue weighted by Crippen LogP contribution is -2.29. The van der Waals surface area contributed by atoms with Crippen molar-refractivity contribution < 1.29 is 13.2 Å². The lowest BCUT2D eigenvalue weighted by Gasteiger charge is -2.19. The molecule has 4 rings (SSSR count). The zero-order valence-corrected chi connectivity index (χ0v) is 17.9. The Kier molecular flexibility index (Phi) is 6.23. The second kappa shape index (κ2) is 9.22. The third-order valence-electron chi connectivity index (χ3n) is 5.33. The van der Waals surface area contributed by atoms with Gasteiger partial charge in [-0.3, -0.25) is 9.52 Å². The Hall–Kier alpha value is -3.32. The fourth-order valence-corrected chi connectivity index (χ4v) is 4.80. The number of fused-ring (bicyclic) bond motifs is 1. The number of carbonyl (C=O) groups is 1. The van der Waals surface area contributed by atoms with Gasteiger partial charge in [0, 0.05) is 36.6 Å². The van der Waals surface area contributed by atoms with Crippen LogP contribution in [0.3, 0.4) is 0 Å². The van der Waals surface area contributed by atoms with E-state index in [0.29, 0.717) is 17.8 Å². The van der Waals surface area contributed by atoms with Crippen molar-refractivity contribution in [3.05, 3.63) is 90.0 Å². The second-order valence-corrected chi connectivity index (χ2v) is 9.15. The summed E-state index contributed by atoms with van der Waals surface area (Å²) in [6.07, 6.45) is 1.93. The van der Waals surface area contributed by atoms with E-state index in [9.17, 15) is 13.2 Å². The summed E-state index contributed by atoms with van der Waals surface area (Å²) in [7, 11) is -3.65. The molecular weight excluding hydrogens is 410 g/mol. The first-order valence-corrected chi connectivity index (χ1v) is 11.8. The van der Waals surface area contributed by atoms with Crippen LogP contribution < -0.4 is 14.9 Å². The quantitative estimate of drug-likeness (QED) is 0.529. The van der Waals surface area contributed by atoms with E-state index in [-0.39, 0.29) is 10.8 Å². The van der Waals surface area contributed by atoms with Gasteiger partial charge >= 0.3 is 0 Å². The van der Waals surface area contributed by atoms with Crippen molar-refractivity contribution >= 4 is 27.3 Å². The first kappa shape index (κ1) is 20.9. The van der Waals surface area contributed by atoms with Gasteiger partial charge in [0.15, 0.2) is 0 Å². The standard InChI is InChI=1S/C24H25N3O3S/c28-24(25-16-6-17-27-18-15-19-7-4-5-10-23(19)27)20-11-13-21(14-12-20)26-31(29,30)22-8-2-1-3-9-22/h1-5,7-14,26H,6,15-18H2,(H,25,28). The van der Waals surface area contributed by atoms with E-state index in [0.717, 1.165) is 25.9 Å². The van der Waals surface area contributed by atoms with E-state index >= 15 is 0 Å². The highest BCUT2D eigenvalue weighted by Gasteiger charge is 2.17. The fourth-order valence-electron chi connectivity index (χ4n) is 3.72. The molecule has 1 heterocycles. The average molecular weight is 436 g/mol. The molecule has 3 aromatic rings. The average Bonchev–Trinajstić information content (AvgIpc) is 3.20. The number of nitrogens with zero attached hydrogens (tertiary/aromatic N) is 1. The van der Waals surface area contributed by atoms with Crippen molar-refractivity contribution in [2.75, 3.05) is 29.3 Å². The summed E-state index contributed by atoms with van der Waals surface area (Å²) in [5.41, 5.74) is 3.58. The number of sulfonamides is 1. The third-order valence-corrected chi connectivity index (χ3v) is 6.72. The zero-order chi connectivity index (χ0) is 21.7. The second-order valence-electron chi connectivity index (χ2n) is 7.47. The highest BCUT2D eigenvalue weighted by atomic mass is 32.2. The molecule has 0 spiro atoms. The number of rotatable bonds is 8. The van der Waals surface area contributed by atoms with E-state index in [1.807, 2.05) is 0 Å². The molecule has 0 radical (unpaired) electrons. The molecule has 6 nitrogen and oxygen atoms in total. The molecule has 160 valence electrons. The van der Waals surface area contributed by atoms with Gasteiger partial charge in [-0.2, -0.15) is 0 Å². The largest absolute Gasteiger partial charge is 0.371 e. The van der Waals surface area contributed by atoms with Crippen molar-refractivity contribution in [1.29, 1.82) is 0 Å². The van der Waals surface area contributed by atoms with Gasteiger partial charge in [0.25, 0.3) is 15.9 Å². The maximum absolute atomic E-state index is 12.4. The highest BCUT2D eigenvalue weighted by Crippen LogP contribution is 2.27. The molecule has 31 heavy (non-hydrogen) atoms. The molecule has 1 amide bonds. The number of para-hydroxylation sites is 1. The van der Waals surface area contributed by atoms with Crippen LogP contribution in [0.25, 0.3) is 0 Å². The zero-order valence-electron chi connectivity index (χ0n) is 17.1. The Morgan fingerprint density at radius 1 is 0.903 bits per heavy atom. The summed E-state index contributed by atoms with van der Waals surface area (Å²) >= 11 is 0. The van der Waals surface area contributed by atoms with Crippen LogP contribution in [0.5, 0.6) is 0 Å². The van der Waals surface area contributed by atoms with Crippen LogP contribution >= 0.6 is 0 Å². The predicted molar refractivity (Wildman–Crippen MR) is 123 cm³/mol. The maximum atomic E-state index is 12.4. The highest BCUT2D eigenvalue weighted by molar-refractivity contribution is 7.92. The van der Waals surface area contributed by atoms with Crippen LogP contribution in [0.4, 0.5) is 11.4 Å². The number of nitrogens with one attached hydrogen (secondary N) is 2. The van der Waals surface area contributed by atoms with Gasteiger partial charge < -0.3 is 10.2 Å². The van der Waals surface area contributed by atoms with Crippen molar-refractivity contribution in [2.45, 2.75) is 17.7 Å². The molecule has 1 aliphatic heterocycles. The molecule has 0 aliphatic carbocycles. The van der Waals surface area contributed by atoms with E-state index in [4.69, 9.17) is 0 Å². The van der Waals surface area contributed by atoms with Crippen LogP contribution in [0, 0.1) is 0 Å². The topological polar surface area (TPSA) is 78.5 Å². The Morgan fingerprint density at radius 3 is 2.39 bits per heavy atom. The minimum absolute atomic E-state index is 0.167. The maximum Gasteiger partial charge on any atom is 0.261 e. The van der Waals surface area contributed by atoms with Gasteiger partial charge in [-0.05, 0) is 60.9 Å². The minimum Gasteiger partial charge on any atom is -0.371 e. The molecule has 3 aromatic carbocycles. The summed E-state index contributed by atoms with van der Waals surface area (Å²) in [5, 5.41) is 2.94. The molecule has 7 heteroatoms. The normalized spacial score (nSPS) is 13.0. The molecule has 0 bridgehead atoms. The van der Waals surface area contributed by atoms with Crippen molar-refractivity contribution in [2.24, 2.45) is 0 Å². The number of amides is 1. The van der Waals surface area contributed by atoms with Crippen LogP contribution in [0.1, 0.15) is 22.3 Å². The Morgan fingerprint density at radius 2 is 1.61 bits per heavy atom. The summed E-state index contributed by atoms with van der Waals surface area (Å²) in [4.78, 5) is 14.9. The first-order chi connectivity index (χ1) is 15.0. The first-order valence-electron chi connectivity index (χ1n) is 10.3. The van der Waals surface area contributed by atoms with Crippen molar-refractivity contribution in [3.63, 3.8) is 0 Å². The van der Waals surface area contributed by atoms with Crippen LogP contribution in [-0.4, -0.2) is 34.0 Å². The van der Waals surface area contributed by atoms with Gasteiger partial charge in [-0.25, -0.2) is 8.42 Å². The van der Waals surface area contributed by atoms with E-state index in [1.54, 1.807) is 42.5 Å². The van der Waals surface area contributed by atoms with Crippen LogP contribution in [-0.2, 0) is 16.4 Å². The number of carbonyl (C=O) groups excluding carboxylic acids is 1. The Balaban J connectivity index is 1.26. The minimum atomic E-state index is -3.65. The van der Waals surface area contributed by atoms with Crippen molar-refractivity contribution in [1.82, 2.24) is 5.32 Å². The number of benzene rings is 3. The van der Waals surface area contributed by atoms with Crippen LogP contribution in [0.15, 0.2) is 83.8 Å². The molecule has 1 aliphatic rings. The summed E-state index contributed by atoms with van der Waals surface area (Å²) in [6, 6.07) is 23.0. The lowest BCUT2D eigenvalue weighted by molar-refractivity contribution is 0.0953. The molecule has 0 fully saturated rings. The third kappa shape index (κ3) is 5.06. The molecular formula is C24H25N3O3S. The smallest absolute Gasteiger partial charge is 0.261 e. The Labute approximate surface area is 183 Å². The molecule has 0 unspecified atom stereocenters. The molecule has 0 saturated heterocycles. The van der Waals surface area contributed by atoms with Gasteiger partial charge in [0.1, 0.15) is 0 Å². The summed E-state index contributed by atoms with van der Waals surface area (Å²) < 4.78 is 27.3. The number of hydrogen-bond donors (Lipinski definition) is 2. The van der Waals surface area contributed by atoms with Crippen LogP contribution in [0.2, 0.25) is 0 Å². The molecule has 0 saturated carbocycles. The van der Waals surface area contributed by atoms with Gasteiger partial charge in [0.05, 0.1) is 4.90 Å².